The molecule has 7 nitrogen and oxygen atoms in total. The third-order valence-electron chi connectivity index (χ3n) is 6.23. The average molecular weight is 428 g/mol. The van der Waals surface area contributed by atoms with E-state index in [-0.39, 0.29) is 17.7 Å². The third-order valence-corrected chi connectivity index (χ3v) is 7.42. The number of likely N-dealkylation sites (tertiary alicyclic amines) is 1. The number of nitrogens with one attached hydrogen (secondary N) is 1. The summed E-state index contributed by atoms with van der Waals surface area (Å²) in [4.78, 5) is 36.8. The van der Waals surface area contributed by atoms with Gasteiger partial charge in [-0.05, 0) is 57.4 Å². The van der Waals surface area contributed by atoms with Crippen LogP contribution in [0, 0.1) is 12.8 Å². The van der Waals surface area contributed by atoms with Crippen molar-refractivity contribution in [3.63, 3.8) is 0 Å². The Kier molecular flexibility index (Phi) is 6.32. The van der Waals surface area contributed by atoms with Gasteiger partial charge in [0.05, 0.1) is 10.3 Å². The summed E-state index contributed by atoms with van der Waals surface area (Å²) in [5.41, 5.74) is 7.87. The summed E-state index contributed by atoms with van der Waals surface area (Å²) in [5, 5.41) is 4.40. The highest BCUT2D eigenvalue weighted by Gasteiger charge is 2.29. The second-order valence-electron chi connectivity index (χ2n) is 8.21. The number of piperidine rings is 1. The normalized spacial score (nSPS) is 17.8. The molecular weight excluding hydrogens is 398 g/mol. The Labute approximate surface area is 180 Å². The maximum absolute atomic E-state index is 13.1. The summed E-state index contributed by atoms with van der Waals surface area (Å²) in [6.07, 6.45) is 11.2. The molecule has 0 atom stereocenters. The number of anilines is 1. The van der Waals surface area contributed by atoms with E-state index in [9.17, 15) is 9.59 Å². The van der Waals surface area contributed by atoms with Crippen molar-refractivity contribution in [1.82, 2.24) is 14.9 Å². The van der Waals surface area contributed by atoms with Gasteiger partial charge in [-0.15, -0.1) is 11.3 Å². The van der Waals surface area contributed by atoms with E-state index in [4.69, 9.17) is 5.73 Å². The number of aromatic nitrogens is 2. The summed E-state index contributed by atoms with van der Waals surface area (Å²) in [6, 6.07) is 0. The van der Waals surface area contributed by atoms with Crippen LogP contribution < -0.4 is 11.1 Å². The van der Waals surface area contributed by atoms with Gasteiger partial charge in [-0.3, -0.25) is 9.59 Å². The van der Waals surface area contributed by atoms with Crippen molar-refractivity contribution in [1.29, 1.82) is 0 Å². The SMILES string of the molecule is Cc1c(C(=O)N2CCC(C(N)=O)CC2)sc2ncnc(NCCC3=CCCCC3)c12. The number of hydrogen-bond acceptors (Lipinski definition) is 6. The van der Waals surface area contributed by atoms with Crippen molar-refractivity contribution in [2.75, 3.05) is 25.0 Å². The number of allylic oxidation sites excluding steroid dienone is 1. The lowest BCUT2D eigenvalue weighted by atomic mass is 9.96. The summed E-state index contributed by atoms with van der Waals surface area (Å²) in [6.45, 7) is 3.93. The molecule has 4 rings (SSSR count). The summed E-state index contributed by atoms with van der Waals surface area (Å²) in [7, 11) is 0. The first-order valence-corrected chi connectivity index (χ1v) is 11.6. The molecule has 1 fully saturated rings. The molecule has 2 aliphatic rings. The molecule has 0 radical (unpaired) electrons. The molecule has 0 spiro atoms. The smallest absolute Gasteiger partial charge is 0.264 e. The maximum Gasteiger partial charge on any atom is 0.264 e. The summed E-state index contributed by atoms with van der Waals surface area (Å²) >= 11 is 1.42. The number of nitrogens with two attached hydrogens (primary N) is 1. The van der Waals surface area contributed by atoms with Gasteiger partial charge in [0.25, 0.3) is 5.91 Å². The van der Waals surface area contributed by atoms with Crippen molar-refractivity contribution in [3.05, 3.63) is 28.4 Å². The first-order chi connectivity index (χ1) is 14.5. The molecule has 0 unspecified atom stereocenters. The van der Waals surface area contributed by atoms with Crippen molar-refractivity contribution in [2.24, 2.45) is 11.7 Å². The van der Waals surface area contributed by atoms with Crippen LogP contribution in [0.25, 0.3) is 10.2 Å². The van der Waals surface area contributed by atoms with Crippen LogP contribution in [0.2, 0.25) is 0 Å². The van der Waals surface area contributed by atoms with E-state index in [1.165, 1.54) is 42.6 Å². The van der Waals surface area contributed by atoms with Crippen LogP contribution in [-0.2, 0) is 4.79 Å². The number of fused-ring (bicyclic) bond motifs is 1. The Morgan fingerprint density at radius 3 is 2.77 bits per heavy atom. The van der Waals surface area contributed by atoms with Crippen molar-refractivity contribution in [3.8, 4) is 0 Å². The van der Waals surface area contributed by atoms with Crippen molar-refractivity contribution >= 4 is 39.2 Å². The molecule has 2 aromatic heterocycles. The van der Waals surface area contributed by atoms with Gasteiger partial charge in [-0.25, -0.2) is 9.97 Å². The number of nitrogens with zero attached hydrogens (tertiary/aromatic N) is 3. The van der Waals surface area contributed by atoms with E-state index in [1.807, 2.05) is 11.8 Å². The average Bonchev–Trinajstić information content (AvgIpc) is 3.11. The molecular formula is C22H29N5O2S. The minimum absolute atomic E-state index is 0.0109. The molecule has 8 heteroatoms. The molecule has 2 aromatic rings. The van der Waals surface area contributed by atoms with E-state index in [2.05, 4.69) is 21.4 Å². The lowest BCUT2D eigenvalue weighted by Crippen LogP contribution is -2.41. The Morgan fingerprint density at radius 2 is 2.07 bits per heavy atom. The van der Waals surface area contributed by atoms with Gasteiger partial charge in [-0.1, -0.05) is 11.6 Å². The number of aryl methyl sites for hydroxylation is 1. The van der Waals surface area contributed by atoms with Gasteiger partial charge in [-0.2, -0.15) is 0 Å². The molecule has 1 aliphatic carbocycles. The second kappa shape index (κ2) is 9.12. The lowest BCUT2D eigenvalue weighted by Gasteiger charge is -2.30. The summed E-state index contributed by atoms with van der Waals surface area (Å²) < 4.78 is 0. The molecule has 1 saturated heterocycles. The van der Waals surface area contributed by atoms with Crippen molar-refractivity contribution in [2.45, 2.75) is 51.9 Å². The highest BCUT2D eigenvalue weighted by Crippen LogP contribution is 2.34. The molecule has 3 heterocycles. The molecule has 1 aliphatic heterocycles. The van der Waals surface area contributed by atoms with E-state index in [0.717, 1.165) is 34.6 Å². The first kappa shape index (κ1) is 20.8. The van der Waals surface area contributed by atoms with Gasteiger partial charge in [0, 0.05) is 25.6 Å². The summed E-state index contributed by atoms with van der Waals surface area (Å²) in [5.74, 6) is 0.419. The van der Waals surface area contributed by atoms with Crippen LogP contribution in [0.1, 0.15) is 60.2 Å². The molecule has 0 aromatic carbocycles. The molecule has 0 bridgehead atoms. The first-order valence-electron chi connectivity index (χ1n) is 10.8. The molecule has 0 saturated carbocycles. The Morgan fingerprint density at radius 1 is 1.27 bits per heavy atom. The Hall–Kier alpha value is -2.48. The topological polar surface area (TPSA) is 101 Å². The number of carbonyl (C=O) groups is 2. The van der Waals surface area contributed by atoms with E-state index >= 15 is 0 Å². The number of amides is 2. The van der Waals surface area contributed by atoms with Gasteiger partial charge in [0.15, 0.2) is 0 Å². The van der Waals surface area contributed by atoms with E-state index in [0.29, 0.717) is 30.8 Å². The number of rotatable bonds is 6. The predicted molar refractivity (Wildman–Crippen MR) is 120 cm³/mol. The number of thiophene rings is 1. The van der Waals surface area contributed by atoms with Gasteiger partial charge in [0.2, 0.25) is 5.91 Å². The Balaban J connectivity index is 1.48. The fourth-order valence-corrected chi connectivity index (χ4v) is 5.51. The van der Waals surface area contributed by atoms with Crippen LogP contribution in [0.5, 0.6) is 0 Å². The molecule has 160 valence electrons. The number of hydrogen-bond donors (Lipinski definition) is 2. The van der Waals surface area contributed by atoms with Crippen LogP contribution in [-0.4, -0.2) is 46.3 Å². The van der Waals surface area contributed by atoms with Gasteiger partial charge < -0.3 is 16.0 Å². The molecule has 2 amide bonds. The zero-order chi connectivity index (χ0) is 21.1. The molecule has 30 heavy (non-hydrogen) atoms. The van der Waals surface area contributed by atoms with E-state index in [1.54, 1.807) is 6.33 Å². The largest absolute Gasteiger partial charge is 0.369 e. The fourth-order valence-electron chi connectivity index (χ4n) is 4.39. The van der Waals surface area contributed by atoms with E-state index < -0.39 is 0 Å². The minimum Gasteiger partial charge on any atom is -0.369 e. The third kappa shape index (κ3) is 4.33. The zero-order valence-corrected chi connectivity index (χ0v) is 18.3. The highest BCUT2D eigenvalue weighted by atomic mass is 32.1. The number of carbonyl (C=O) groups excluding carboxylic acids is 2. The number of primary amides is 1. The Bertz CT molecular complexity index is 975. The lowest BCUT2D eigenvalue weighted by molar-refractivity contribution is -0.123. The van der Waals surface area contributed by atoms with Crippen molar-refractivity contribution < 1.29 is 9.59 Å². The van der Waals surface area contributed by atoms with Crippen LogP contribution in [0.4, 0.5) is 5.82 Å². The van der Waals surface area contributed by atoms with Gasteiger partial charge >= 0.3 is 0 Å². The quantitative estimate of drug-likeness (QED) is 0.686. The zero-order valence-electron chi connectivity index (χ0n) is 17.4. The predicted octanol–water partition coefficient (Wildman–Crippen LogP) is 3.64. The highest BCUT2D eigenvalue weighted by molar-refractivity contribution is 7.20. The van der Waals surface area contributed by atoms with Crippen LogP contribution >= 0.6 is 11.3 Å². The van der Waals surface area contributed by atoms with Gasteiger partial charge in [0.1, 0.15) is 17.0 Å². The van der Waals surface area contributed by atoms with Crippen LogP contribution in [0.3, 0.4) is 0 Å². The minimum atomic E-state index is -0.268. The molecule has 3 N–H and O–H groups in total. The fraction of sp³-hybridized carbons (Fsp3) is 0.545. The second-order valence-corrected chi connectivity index (χ2v) is 9.21. The maximum atomic E-state index is 13.1. The monoisotopic (exact) mass is 427 g/mol. The standard InChI is InChI=1S/C22H29N5O2S/c1-14-17-20(24-10-7-15-5-3-2-4-6-15)25-13-26-21(17)30-18(14)22(29)27-11-8-16(9-12-27)19(23)28/h5,13,16H,2-4,6-12H2,1H3,(H2,23,28)(H,24,25,26). The van der Waals surface area contributed by atoms with Crippen LogP contribution in [0.15, 0.2) is 18.0 Å².